The third-order valence-electron chi connectivity index (χ3n) is 2.61. The van der Waals surface area contributed by atoms with E-state index in [0.29, 0.717) is 0 Å². The van der Waals surface area contributed by atoms with Crippen molar-refractivity contribution in [2.45, 2.75) is 13.0 Å². The highest BCUT2D eigenvalue weighted by Gasteiger charge is 2.16. The molecular weight excluding hydrogens is 285 g/mol. The molecular formula is C13H11Cl2N3O. The first-order valence-electron chi connectivity index (χ1n) is 5.62. The number of hydrogen-bond acceptors (Lipinski definition) is 3. The van der Waals surface area contributed by atoms with Crippen LogP contribution in [0.3, 0.4) is 0 Å². The maximum absolute atomic E-state index is 12.1. The third-order valence-corrected chi connectivity index (χ3v) is 3.07. The summed E-state index contributed by atoms with van der Waals surface area (Å²) in [6.07, 6.45) is 0. The van der Waals surface area contributed by atoms with Gasteiger partial charge in [0.25, 0.3) is 5.91 Å². The Morgan fingerprint density at radius 3 is 2.58 bits per heavy atom. The number of nitrogens with zero attached hydrogens (tertiary/aromatic N) is 2. The van der Waals surface area contributed by atoms with Gasteiger partial charge in [-0.1, -0.05) is 53.5 Å². The summed E-state index contributed by atoms with van der Waals surface area (Å²) < 4.78 is 0. The molecule has 19 heavy (non-hydrogen) atoms. The standard InChI is InChI=1S/C13H11Cl2N3O/c1-8(9-5-3-2-4-6-9)16-13(19)10-7-11(14)17-18-12(10)15/h2-8H,1H3,(H,16,19)/t8-/m1/s1. The maximum Gasteiger partial charge on any atom is 0.255 e. The molecule has 1 aromatic heterocycles. The number of amides is 1. The molecule has 2 aromatic rings. The number of aromatic nitrogens is 2. The van der Waals surface area contributed by atoms with Crippen LogP contribution in [0.25, 0.3) is 0 Å². The van der Waals surface area contributed by atoms with Crippen molar-refractivity contribution in [1.29, 1.82) is 0 Å². The van der Waals surface area contributed by atoms with Crippen LogP contribution in [0.2, 0.25) is 10.3 Å². The molecule has 98 valence electrons. The SMILES string of the molecule is C[C@@H](NC(=O)c1cc(Cl)nnc1Cl)c1ccccc1. The van der Waals surface area contributed by atoms with Gasteiger partial charge in [0.05, 0.1) is 11.6 Å². The fourth-order valence-electron chi connectivity index (χ4n) is 1.61. The zero-order valence-electron chi connectivity index (χ0n) is 10.1. The molecule has 1 N–H and O–H groups in total. The van der Waals surface area contributed by atoms with Crippen LogP contribution < -0.4 is 5.32 Å². The number of hydrogen-bond donors (Lipinski definition) is 1. The Kier molecular flexibility index (Phi) is 4.35. The van der Waals surface area contributed by atoms with E-state index >= 15 is 0 Å². The van der Waals surface area contributed by atoms with Crippen LogP contribution in [0.1, 0.15) is 28.9 Å². The number of nitrogens with one attached hydrogen (secondary N) is 1. The molecule has 0 fully saturated rings. The molecule has 1 amide bonds. The van der Waals surface area contributed by atoms with E-state index in [2.05, 4.69) is 15.5 Å². The molecule has 1 aromatic carbocycles. The first kappa shape index (κ1) is 13.8. The first-order chi connectivity index (χ1) is 9.08. The highest BCUT2D eigenvalue weighted by atomic mass is 35.5. The first-order valence-corrected chi connectivity index (χ1v) is 6.38. The monoisotopic (exact) mass is 295 g/mol. The lowest BCUT2D eigenvalue weighted by molar-refractivity contribution is 0.0939. The molecule has 2 rings (SSSR count). The summed E-state index contributed by atoms with van der Waals surface area (Å²) in [6.45, 7) is 1.89. The summed E-state index contributed by atoms with van der Waals surface area (Å²) in [4.78, 5) is 12.1. The molecule has 0 saturated heterocycles. The van der Waals surface area contributed by atoms with E-state index in [0.717, 1.165) is 5.56 Å². The molecule has 1 heterocycles. The Morgan fingerprint density at radius 2 is 1.89 bits per heavy atom. The van der Waals surface area contributed by atoms with Gasteiger partial charge in [-0.2, -0.15) is 0 Å². The summed E-state index contributed by atoms with van der Waals surface area (Å²) in [5.41, 5.74) is 1.21. The second kappa shape index (κ2) is 5.99. The van der Waals surface area contributed by atoms with Gasteiger partial charge in [-0.05, 0) is 18.6 Å². The lowest BCUT2D eigenvalue weighted by Crippen LogP contribution is -2.27. The van der Waals surface area contributed by atoms with Crippen LogP contribution >= 0.6 is 23.2 Å². The smallest absolute Gasteiger partial charge is 0.255 e. The molecule has 1 atom stereocenters. The third kappa shape index (κ3) is 3.43. The van der Waals surface area contributed by atoms with Crippen LogP contribution in [0.5, 0.6) is 0 Å². The lowest BCUT2D eigenvalue weighted by atomic mass is 10.1. The van der Waals surface area contributed by atoms with E-state index in [1.807, 2.05) is 37.3 Å². The van der Waals surface area contributed by atoms with Crippen molar-refractivity contribution in [2.24, 2.45) is 0 Å². The lowest BCUT2D eigenvalue weighted by Gasteiger charge is -2.14. The minimum atomic E-state index is -0.335. The molecule has 4 nitrogen and oxygen atoms in total. The summed E-state index contributed by atoms with van der Waals surface area (Å²) in [6, 6.07) is 10.9. The van der Waals surface area contributed by atoms with E-state index < -0.39 is 0 Å². The Labute approximate surface area is 120 Å². The van der Waals surface area contributed by atoms with Crippen LogP contribution in [-0.2, 0) is 0 Å². The van der Waals surface area contributed by atoms with E-state index in [1.165, 1.54) is 6.07 Å². The van der Waals surface area contributed by atoms with Crippen molar-refractivity contribution in [3.05, 3.63) is 57.8 Å². The summed E-state index contributed by atoms with van der Waals surface area (Å²) in [5.74, 6) is -0.335. The molecule has 0 unspecified atom stereocenters. The van der Waals surface area contributed by atoms with Gasteiger partial charge in [-0.15, -0.1) is 10.2 Å². The van der Waals surface area contributed by atoms with Gasteiger partial charge in [0.1, 0.15) is 0 Å². The van der Waals surface area contributed by atoms with Gasteiger partial charge in [-0.25, -0.2) is 0 Å². The van der Waals surface area contributed by atoms with Gasteiger partial charge < -0.3 is 5.32 Å². The number of rotatable bonds is 3. The zero-order chi connectivity index (χ0) is 13.8. The Morgan fingerprint density at radius 1 is 1.21 bits per heavy atom. The quantitative estimate of drug-likeness (QED) is 0.945. The number of halogens is 2. The van der Waals surface area contributed by atoms with Gasteiger partial charge in [0.2, 0.25) is 0 Å². The van der Waals surface area contributed by atoms with Crippen LogP contribution in [0.15, 0.2) is 36.4 Å². The summed E-state index contributed by atoms with van der Waals surface area (Å²) >= 11 is 11.5. The van der Waals surface area contributed by atoms with Crippen LogP contribution in [0, 0.1) is 0 Å². The predicted molar refractivity (Wildman–Crippen MR) is 74.4 cm³/mol. The molecule has 0 spiro atoms. The van der Waals surface area contributed by atoms with Crippen molar-refractivity contribution in [3.63, 3.8) is 0 Å². The Bertz CT molecular complexity index is 590. The van der Waals surface area contributed by atoms with Crippen LogP contribution in [0.4, 0.5) is 0 Å². The Hall–Kier alpha value is -1.65. The van der Waals surface area contributed by atoms with Crippen molar-refractivity contribution in [1.82, 2.24) is 15.5 Å². The van der Waals surface area contributed by atoms with Gasteiger partial charge in [0, 0.05) is 0 Å². The highest BCUT2D eigenvalue weighted by Crippen LogP contribution is 2.17. The number of benzene rings is 1. The molecule has 0 aliphatic carbocycles. The van der Waals surface area contributed by atoms with Crippen molar-refractivity contribution in [3.8, 4) is 0 Å². The minimum absolute atomic E-state index is 0.0298. The highest BCUT2D eigenvalue weighted by molar-refractivity contribution is 6.34. The predicted octanol–water partition coefficient (Wildman–Crippen LogP) is 3.27. The van der Waals surface area contributed by atoms with Gasteiger partial charge in [0.15, 0.2) is 10.3 Å². The molecule has 6 heteroatoms. The molecule has 0 radical (unpaired) electrons. The topological polar surface area (TPSA) is 54.9 Å². The summed E-state index contributed by atoms with van der Waals surface area (Å²) in [7, 11) is 0. The van der Waals surface area contributed by atoms with Crippen molar-refractivity contribution >= 4 is 29.1 Å². The van der Waals surface area contributed by atoms with Crippen molar-refractivity contribution < 1.29 is 4.79 Å². The van der Waals surface area contributed by atoms with Gasteiger partial charge >= 0.3 is 0 Å². The molecule has 0 saturated carbocycles. The molecule has 0 aliphatic rings. The molecule has 0 bridgehead atoms. The van der Waals surface area contributed by atoms with E-state index in [-0.39, 0.29) is 27.8 Å². The van der Waals surface area contributed by atoms with E-state index in [4.69, 9.17) is 23.2 Å². The molecule has 0 aliphatic heterocycles. The van der Waals surface area contributed by atoms with Gasteiger partial charge in [-0.3, -0.25) is 4.79 Å². The average molecular weight is 296 g/mol. The van der Waals surface area contributed by atoms with E-state index in [1.54, 1.807) is 0 Å². The van der Waals surface area contributed by atoms with E-state index in [9.17, 15) is 4.79 Å². The van der Waals surface area contributed by atoms with Crippen molar-refractivity contribution in [2.75, 3.05) is 0 Å². The average Bonchev–Trinajstić information content (AvgIpc) is 2.42. The largest absolute Gasteiger partial charge is 0.345 e. The fourth-order valence-corrected chi connectivity index (χ4v) is 1.94. The number of carbonyl (C=O) groups excluding carboxylic acids is 1. The summed E-state index contributed by atoms with van der Waals surface area (Å²) in [5, 5.41) is 10.2. The van der Waals surface area contributed by atoms with Crippen LogP contribution in [-0.4, -0.2) is 16.1 Å². The fraction of sp³-hybridized carbons (Fsp3) is 0.154. The second-order valence-corrected chi connectivity index (χ2v) is 4.72. The Balaban J connectivity index is 2.15. The maximum atomic E-state index is 12.1. The second-order valence-electron chi connectivity index (χ2n) is 3.98. The number of carbonyl (C=O) groups is 1. The minimum Gasteiger partial charge on any atom is -0.345 e. The zero-order valence-corrected chi connectivity index (χ0v) is 11.6. The normalized spacial score (nSPS) is 11.9.